The van der Waals surface area contributed by atoms with Crippen molar-refractivity contribution in [2.45, 2.75) is 57.5 Å². The smallest absolute Gasteiger partial charge is 0.0538 e. The Balaban J connectivity index is 2.21. The SMILES string of the molecule is CCCC(N1CCCCC1)C(C)(N)c1ccccc1. The highest BCUT2D eigenvalue weighted by Crippen LogP contribution is 2.30. The molecule has 2 unspecified atom stereocenters. The number of rotatable bonds is 5. The fourth-order valence-electron chi connectivity index (χ4n) is 3.35. The number of piperidine rings is 1. The standard InChI is InChI=1S/C17H28N2/c1-3-10-16(19-13-8-5-9-14-19)17(2,18)15-11-6-4-7-12-15/h4,6-7,11-12,16H,3,5,8-10,13-14,18H2,1-2H3. The Morgan fingerprint density at radius 3 is 2.37 bits per heavy atom. The third-order valence-electron chi connectivity index (χ3n) is 4.48. The summed E-state index contributed by atoms with van der Waals surface area (Å²) in [6.45, 7) is 6.89. The Hall–Kier alpha value is -0.860. The zero-order valence-electron chi connectivity index (χ0n) is 12.4. The molecule has 2 nitrogen and oxygen atoms in total. The quantitative estimate of drug-likeness (QED) is 0.877. The molecule has 2 atom stereocenters. The first-order valence-electron chi connectivity index (χ1n) is 7.74. The van der Waals surface area contributed by atoms with Crippen molar-refractivity contribution in [1.29, 1.82) is 0 Å². The van der Waals surface area contributed by atoms with Gasteiger partial charge in [0.05, 0.1) is 5.54 Å². The minimum atomic E-state index is -0.255. The lowest BCUT2D eigenvalue weighted by Crippen LogP contribution is -2.55. The second kappa shape index (κ2) is 6.53. The molecule has 0 aromatic heterocycles. The van der Waals surface area contributed by atoms with Crippen LogP contribution >= 0.6 is 0 Å². The summed E-state index contributed by atoms with van der Waals surface area (Å²) < 4.78 is 0. The molecule has 1 saturated heterocycles. The molecule has 2 N–H and O–H groups in total. The summed E-state index contributed by atoms with van der Waals surface area (Å²) >= 11 is 0. The van der Waals surface area contributed by atoms with Crippen molar-refractivity contribution in [3.8, 4) is 0 Å². The molecule has 0 amide bonds. The molecular weight excluding hydrogens is 232 g/mol. The summed E-state index contributed by atoms with van der Waals surface area (Å²) in [6, 6.07) is 11.1. The van der Waals surface area contributed by atoms with Gasteiger partial charge in [-0.25, -0.2) is 0 Å². The summed E-state index contributed by atoms with van der Waals surface area (Å²) in [7, 11) is 0. The molecule has 0 bridgehead atoms. The van der Waals surface area contributed by atoms with Crippen molar-refractivity contribution < 1.29 is 0 Å². The van der Waals surface area contributed by atoms with Crippen LogP contribution in [0.1, 0.15) is 51.5 Å². The maximum atomic E-state index is 6.76. The van der Waals surface area contributed by atoms with Crippen LogP contribution in [0.2, 0.25) is 0 Å². The highest BCUT2D eigenvalue weighted by molar-refractivity contribution is 5.25. The lowest BCUT2D eigenvalue weighted by atomic mass is 9.81. The van der Waals surface area contributed by atoms with E-state index in [4.69, 9.17) is 5.73 Å². The van der Waals surface area contributed by atoms with Gasteiger partial charge in [0.15, 0.2) is 0 Å². The average molecular weight is 260 g/mol. The summed E-state index contributed by atoms with van der Waals surface area (Å²) in [5.41, 5.74) is 7.77. The third-order valence-corrected chi connectivity index (χ3v) is 4.48. The first-order chi connectivity index (χ1) is 9.16. The van der Waals surface area contributed by atoms with Gasteiger partial charge in [-0.1, -0.05) is 50.1 Å². The molecule has 1 aromatic carbocycles. The lowest BCUT2D eigenvalue weighted by Gasteiger charge is -2.44. The van der Waals surface area contributed by atoms with E-state index in [9.17, 15) is 0 Å². The van der Waals surface area contributed by atoms with E-state index in [1.807, 2.05) is 0 Å². The Labute approximate surface area is 118 Å². The second-order valence-corrected chi connectivity index (χ2v) is 6.05. The van der Waals surface area contributed by atoms with Gasteiger partial charge in [0.25, 0.3) is 0 Å². The summed E-state index contributed by atoms with van der Waals surface area (Å²) in [5, 5.41) is 0. The average Bonchev–Trinajstić information content (AvgIpc) is 2.46. The molecule has 1 aliphatic heterocycles. The molecular formula is C17H28N2. The molecule has 1 aliphatic rings. The van der Waals surface area contributed by atoms with Crippen molar-refractivity contribution in [2.75, 3.05) is 13.1 Å². The van der Waals surface area contributed by atoms with E-state index in [0.29, 0.717) is 6.04 Å². The highest BCUT2D eigenvalue weighted by Gasteiger charge is 2.35. The Bertz CT molecular complexity index is 366. The van der Waals surface area contributed by atoms with Crippen LogP contribution in [0, 0.1) is 0 Å². The fraction of sp³-hybridized carbons (Fsp3) is 0.647. The molecule has 19 heavy (non-hydrogen) atoms. The van der Waals surface area contributed by atoms with Gasteiger partial charge in [0.1, 0.15) is 0 Å². The maximum absolute atomic E-state index is 6.76. The largest absolute Gasteiger partial charge is 0.320 e. The predicted molar refractivity (Wildman–Crippen MR) is 82.1 cm³/mol. The first-order valence-corrected chi connectivity index (χ1v) is 7.74. The maximum Gasteiger partial charge on any atom is 0.0538 e. The van der Waals surface area contributed by atoms with Crippen LogP contribution in [0.5, 0.6) is 0 Å². The molecule has 1 heterocycles. The summed E-state index contributed by atoms with van der Waals surface area (Å²) in [6.07, 6.45) is 6.40. The van der Waals surface area contributed by atoms with Crippen LogP contribution < -0.4 is 5.73 Å². The number of benzene rings is 1. The van der Waals surface area contributed by atoms with Gasteiger partial charge in [0, 0.05) is 6.04 Å². The first kappa shape index (κ1) is 14.5. The van der Waals surface area contributed by atoms with E-state index in [2.05, 4.69) is 49.1 Å². The van der Waals surface area contributed by atoms with Crippen LogP contribution in [0.3, 0.4) is 0 Å². The van der Waals surface area contributed by atoms with E-state index < -0.39 is 0 Å². The van der Waals surface area contributed by atoms with Gasteiger partial charge in [-0.2, -0.15) is 0 Å². The number of nitrogens with zero attached hydrogens (tertiary/aromatic N) is 1. The predicted octanol–water partition coefficient (Wildman–Crippen LogP) is 3.52. The number of likely N-dealkylation sites (tertiary alicyclic amines) is 1. The third kappa shape index (κ3) is 3.37. The van der Waals surface area contributed by atoms with Crippen LogP contribution in [0.4, 0.5) is 0 Å². The molecule has 1 fully saturated rings. The molecule has 0 aliphatic carbocycles. The molecule has 106 valence electrons. The number of hydrogen-bond donors (Lipinski definition) is 1. The fourth-order valence-corrected chi connectivity index (χ4v) is 3.35. The minimum Gasteiger partial charge on any atom is -0.320 e. The van der Waals surface area contributed by atoms with Crippen LogP contribution in [0.15, 0.2) is 30.3 Å². The lowest BCUT2D eigenvalue weighted by molar-refractivity contribution is 0.0962. The second-order valence-electron chi connectivity index (χ2n) is 6.05. The monoisotopic (exact) mass is 260 g/mol. The van der Waals surface area contributed by atoms with Crippen molar-refractivity contribution >= 4 is 0 Å². The zero-order chi connectivity index (χ0) is 13.7. The van der Waals surface area contributed by atoms with Crippen molar-refractivity contribution in [1.82, 2.24) is 4.90 Å². The number of hydrogen-bond acceptors (Lipinski definition) is 2. The van der Waals surface area contributed by atoms with Gasteiger partial charge in [-0.05, 0) is 44.8 Å². The van der Waals surface area contributed by atoms with Gasteiger partial charge in [0.2, 0.25) is 0 Å². The zero-order valence-corrected chi connectivity index (χ0v) is 12.4. The van der Waals surface area contributed by atoms with E-state index in [-0.39, 0.29) is 5.54 Å². The molecule has 2 heteroatoms. The van der Waals surface area contributed by atoms with Gasteiger partial charge < -0.3 is 5.73 Å². The topological polar surface area (TPSA) is 29.3 Å². The van der Waals surface area contributed by atoms with Crippen LogP contribution in [-0.2, 0) is 5.54 Å². The normalized spacial score (nSPS) is 21.8. The summed E-state index contributed by atoms with van der Waals surface area (Å²) in [5.74, 6) is 0. The molecule has 0 spiro atoms. The van der Waals surface area contributed by atoms with E-state index in [1.165, 1.54) is 50.8 Å². The Morgan fingerprint density at radius 1 is 1.16 bits per heavy atom. The molecule has 0 saturated carbocycles. The molecule has 2 rings (SSSR count). The van der Waals surface area contributed by atoms with Crippen molar-refractivity contribution in [2.24, 2.45) is 5.73 Å². The highest BCUT2D eigenvalue weighted by atomic mass is 15.2. The van der Waals surface area contributed by atoms with Crippen molar-refractivity contribution in [3.63, 3.8) is 0 Å². The van der Waals surface area contributed by atoms with E-state index >= 15 is 0 Å². The van der Waals surface area contributed by atoms with E-state index in [1.54, 1.807) is 0 Å². The van der Waals surface area contributed by atoms with Crippen molar-refractivity contribution in [3.05, 3.63) is 35.9 Å². The molecule has 0 radical (unpaired) electrons. The van der Waals surface area contributed by atoms with Gasteiger partial charge >= 0.3 is 0 Å². The van der Waals surface area contributed by atoms with Crippen LogP contribution in [-0.4, -0.2) is 24.0 Å². The minimum absolute atomic E-state index is 0.255. The Kier molecular flexibility index (Phi) is 5.00. The number of nitrogens with two attached hydrogens (primary N) is 1. The summed E-state index contributed by atoms with van der Waals surface area (Å²) in [4.78, 5) is 2.62. The van der Waals surface area contributed by atoms with Crippen LogP contribution in [0.25, 0.3) is 0 Å². The molecule has 1 aromatic rings. The Morgan fingerprint density at radius 2 is 1.79 bits per heavy atom. The van der Waals surface area contributed by atoms with E-state index in [0.717, 1.165) is 0 Å². The van der Waals surface area contributed by atoms with Gasteiger partial charge in [-0.3, -0.25) is 4.90 Å². The van der Waals surface area contributed by atoms with Gasteiger partial charge in [-0.15, -0.1) is 0 Å².